The number of rotatable bonds is 6. The number of nitrogens with two attached hydrogens (primary N) is 1. The van der Waals surface area contributed by atoms with Gasteiger partial charge in [0, 0.05) is 12.2 Å². The van der Waals surface area contributed by atoms with Gasteiger partial charge in [0.25, 0.3) is 0 Å². The highest BCUT2D eigenvalue weighted by Crippen LogP contribution is 2.22. The van der Waals surface area contributed by atoms with E-state index >= 15 is 0 Å². The summed E-state index contributed by atoms with van der Waals surface area (Å²) in [6, 6.07) is 4.26. The molecule has 0 spiro atoms. The van der Waals surface area contributed by atoms with E-state index < -0.39 is 10.0 Å². The first-order chi connectivity index (χ1) is 9.90. The molecule has 1 aromatic carbocycles. The van der Waals surface area contributed by atoms with Crippen molar-refractivity contribution in [3.05, 3.63) is 40.7 Å². The predicted molar refractivity (Wildman–Crippen MR) is 82.7 cm³/mol. The second-order valence-corrected chi connectivity index (χ2v) is 6.88. The Morgan fingerprint density at radius 3 is 2.81 bits per heavy atom. The third-order valence-electron chi connectivity index (χ3n) is 3.13. The number of benzene rings is 1. The molecule has 1 heterocycles. The Hall–Kier alpha value is -1.57. The van der Waals surface area contributed by atoms with E-state index in [0.29, 0.717) is 18.7 Å². The van der Waals surface area contributed by atoms with E-state index in [2.05, 4.69) is 14.9 Å². The highest BCUT2D eigenvalue weighted by molar-refractivity contribution is 7.89. The molecule has 0 aliphatic heterocycles. The number of aromatic amines is 1. The van der Waals surface area contributed by atoms with Crippen LogP contribution in [-0.2, 0) is 16.4 Å². The molecule has 0 atom stereocenters. The zero-order chi connectivity index (χ0) is 15.5. The van der Waals surface area contributed by atoms with Crippen molar-refractivity contribution in [1.82, 2.24) is 14.9 Å². The van der Waals surface area contributed by atoms with E-state index in [0.717, 1.165) is 17.7 Å². The first-order valence-electron chi connectivity index (χ1n) is 6.43. The van der Waals surface area contributed by atoms with Gasteiger partial charge in [0.1, 0.15) is 0 Å². The van der Waals surface area contributed by atoms with Crippen LogP contribution in [0.15, 0.2) is 29.3 Å². The van der Waals surface area contributed by atoms with E-state index in [1.165, 1.54) is 18.2 Å². The lowest BCUT2D eigenvalue weighted by molar-refractivity contribution is 0.579. The van der Waals surface area contributed by atoms with Gasteiger partial charge in [-0.05, 0) is 43.5 Å². The largest absolute Gasteiger partial charge is 0.398 e. The van der Waals surface area contributed by atoms with E-state index in [4.69, 9.17) is 17.3 Å². The summed E-state index contributed by atoms with van der Waals surface area (Å²) in [6.07, 6.45) is 3.19. The molecule has 0 unspecified atom stereocenters. The third kappa shape index (κ3) is 3.96. The fourth-order valence-corrected chi connectivity index (χ4v) is 3.22. The van der Waals surface area contributed by atoms with Crippen molar-refractivity contribution in [3.8, 4) is 0 Å². The average molecular weight is 329 g/mol. The second kappa shape index (κ2) is 6.46. The van der Waals surface area contributed by atoms with Crippen LogP contribution in [0.1, 0.15) is 17.7 Å². The fraction of sp³-hybridized carbons (Fsp3) is 0.308. The highest BCUT2D eigenvalue weighted by atomic mass is 35.5. The molecule has 0 bridgehead atoms. The lowest BCUT2D eigenvalue weighted by Crippen LogP contribution is -2.25. The zero-order valence-corrected chi connectivity index (χ0v) is 13.1. The molecule has 0 saturated carbocycles. The average Bonchev–Trinajstić information content (AvgIpc) is 2.83. The van der Waals surface area contributed by atoms with Gasteiger partial charge in [0.15, 0.2) is 0 Å². The minimum Gasteiger partial charge on any atom is -0.398 e. The minimum absolute atomic E-state index is 0.112. The van der Waals surface area contributed by atoms with Gasteiger partial charge in [-0.2, -0.15) is 5.10 Å². The normalized spacial score (nSPS) is 11.7. The summed E-state index contributed by atoms with van der Waals surface area (Å²) in [5, 5.41) is 7.00. The number of aryl methyl sites for hydroxylation is 2. The number of hydrogen-bond donors (Lipinski definition) is 3. The van der Waals surface area contributed by atoms with Crippen LogP contribution in [0, 0.1) is 6.92 Å². The Kier molecular flexibility index (Phi) is 4.87. The predicted octanol–water partition coefficient (Wildman–Crippen LogP) is 1.86. The summed E-state index contributed by atoms with van der Waals surface area (Å²) in [7, 11) is -3.56. The molecule has 114 valence electrons. The lowest BCUT2D eigenvalue weighted by atomic mass is 10.1. The molecular formula is C13H17ClN4O2S. The zero-order valence-electron chi connectivity index (χ0n) is 11.6. The van der Waals surface area contributed by atoms with Gasteiger partial charge in [-0.3, -0.25) is 5.10 Å². The summed E-state index contributed by atoms with van der Waals surface area (Å²) in [5.41, 5.74) is 8.01. The standard InChI is InChI=1S/C13H17ClN4O2S/c1-9-10(8-16-18-9)3-2-6-17-21(19,20)11-4-5-13(15)12(14)7-11/h4-5,7-8,17H,2-3,6,15H2,1H3,(H,16,18). The van der Waals surface area contributed by atoms with Crippen LogP contribution in [-0.4, -0.2) is 25.2 Å². The smallest absolute Gasteiger partial charge is 0.240 e. The number of nitrogens with one attached hydrogen (secondary N) is 2. The molecule has 0 saturated heterocycles. The molecule has 1 aromatic heterocycles. The van der Waals surface area contributed by atoms with Gasteiger partial charge in [0.05, 0.1) is 21.8 Å². The SMILES string of the molecule is Cc1[nH]ncc1CCCNS(=O)(=O)c1ccc(N)c(Cl)c1. The number of nitrogens with zero attached hydrogens (tertiary/aromatic N) is 1. The molecule has 2 aromatic rings. The van der Waals surface area contributed by atoms with Crippen molar-refractivity contribution in [2.24, 2.45) is 0 Å². The molecule has 0 amide bonds. The lowest BCUT2D eigenvalue weighted by Gasteiger charge is -2.08. The molecule has 6 nitrogen and oxygen atoms in total. The molecule has 0 aliphatic rings. The number of hydrogen-bond acceptors (Lipinski definition) is 4. The summed E-state index contributed by atoms with van der Waals surface area (Å²) in [4.78, 5) is 0.112. The summed E-state index contributed by atoms with van der Waals surface area (Å²) in [5.74, 6) is 0. The number of sulfonamides is 1. The molecular weight excluding hydrogens is 312 g/mol. The maximum atomic E-state index is 12.1. The monoisotopic (exact) mass is 328 g/mol. The number of aromatic nitrogens is 2. The van der Waals surface area contributed by atoms with Crippen molar-refractivity contribution in [2.75, 3.05) is 12.3 Å². The molecule has 21 heavy (non-hydrogen) atoms. The minimum atomic E-state index is -3.56. The summed E-state index contributed by atoms with van der Waals surface area (Å²) >= 11 is 5.84. The van der Waals surface area contributed by atoms with Gasteiger partial charge in [0.2, 0.25) is 10.0 Å². The molecule has 4 N–H and O–H groups in total. The van der Waals surface area contributed by atoms with Crippen molar-refractivity contribution in [1.29, 1.82) is 0 Å². The maximum Gasteiger partial charge on any atom is 0.240 e. The van der Waals surface area contributed by atoms with Crippen LogP contribution < -0.4 is 10.5 Å². The second-order valence-electron chi connectivity index (χ2n) is 4.70. The van der Waals surface area contributed by atoms with Gasteiger partial charge in [-0.15, -0.1) is 0 Å². The molecule has 0 radical (unpaired) electrons. The maximum absolute atomic E-state index is 12.1. The van der Waals surface area contributed by atoms with Crippen LogP contribution in [0.25, 0.3) is 0 Å². The van der Waals surface area contributed by atoms with Crippen LogP contribution in [0.2, 0.25) is 5.02 Å². The highest BCUT2D eigenvalue weighted by Gasteiger charge is 2.14. The number of nitrogen functional groups attached to an aromatic ring is 1. The van der Waals surface area contributed by atoms with E-state index in [-0.39, 0.29) is 9.92 Å². The van der Waals surface area contributed by atoms with Crippen molar-refractivity contribution in [3.63, 3.8) is 0 Å². The molecule has 0 aliphatic carbocycles. The van der Waals surface area contributed by atoms with Crippen LogP contribution in [0.4, 0.5) is 5.69 Å². The van der Waals surface area contributed by atoms with E-state index in [9.17, 15) is 8.42 Å². The van der Waals surface area contributed by atoms with E-state index in [1.807, 2.05) is 6.92 Å². The Morgan fingerprint density at radius 1 is 1.43 bits per heavy atom. The van der Waals surface area contributed by atoms with Gasteiger partial charge in [-0.1, -0.05) is 11.6 Å². The molecule has 8 heteroatoms. The fourth-order valence-electron chi connectivity index (χ4n) is 1.87. The Labute approximate surface area is 128 Å². The Balaban J connectivity index is 1.92. The number of anilines is 1. The van der Waals surface area contributed by atoms with Crippen LogP contribution >= 0.6 is 11.6 Å². The van der Waals surface area contributed by atoms with Crippen LogP contribution in [0.3, 0.4) is 0 Å². The Bertz CT molecular complexity index is 728. The molecule has 0 fully saturated rings. The van der Waals surface area contributed by atoms with Gasteiger partial charge < -0.3 is 5.73 Å². The number of halogens is 1. The van der Waals surface area contributed by atoms with Crippen molar-refractivity contribution in [2.45, 2.75) is 24.7 Å². The number of H-pyrrole nitrogens is 1. The van der Waals surface area contributed by atoms with Crippen LogP contribution in [0.5, 0.6) is 0 Å². The summed E-state index contributed by atoms with van der Waals surface area (Å²) in [6.45, 7) is 2.28. The quantitative estimate of drug-likeness (QED) is 0.556. The van der Waals surface area contributed by atoms with Crippen molar-refractivity contribution >= 4 is 27.3 Å². The van der Waals surface area contributed by atoms with Gasteiger partial charge >= 0.3 is 0 Å². The van der Waals surface area contributed by atoms with E-state index in [1.54, 1.807) is 6.20 Å². The topological polar surface area (TPSA) is 101 Å². The molecule has 2 rings (SSSR count). The Morgan fingerprint density at radius 2 is 2.19 bits per heavy atom. The van der Waals surface area contributed by atoms with Gasteiger partial charge in [-0.25, -0.2) is 13.1 Å². The summed E-state index contributed by atoms with van der Waals surface area (Å²) < 4.78 is 26.7. The third-order valence-corrected chi connectivity index (χ3v) is 4.92. The first-order valence-corrected chi connectivity index (χ1v) is 8.30. The van der Waals surface area contributed by atoms with Crippen molar-refractivity contribution < 1.29 is 8.42 Å². The first kappa shape index (κ1) is 15.8.